The third-order valence-corrected chi connectivity index (χ3v) is 6.32. The molecule has 35 heavy (non-hydrogen) atoms. The minimum Gasteiger partial charge on any atom is -0.451 e. The van der Waals surface area contributed by atoms with Crippen molar-refractivity contribution in [3.05, 3.63) is 63.5 Å². The lowest BCUT2D eigenvalue weighted by Gasteiger charge is -2.29. The van der Waals surface area contributed by atoms with Crippen molar-refractivity contribution < 1.29 is 14.1 Å². The van der Waals surface area contributed by atoms with Gasteiger partial charge in [-0.2, -0.15) is 4.98 Å². The number of aromatic nitrogens is 2. The van der Waals surface area contributed by atoms with Gasteiger partial charge in [0.1, 0.15) is 11.6 Å². The van der Waals surface area contributed by atoms with Gasteiger partial charge in [-0.25, -0.2) is 4.98 Å². The highest BCUT2D eigenvalue weighted by Crippen LogP contribution is 2.33. The molecule has 2 aromatic heterocycles. The van der Waals surface area contributed by atoms with Crippen molar-refractivity contribution in [3.63, 3.8) is 0 Å². The van der Waals surface area contributed by atoms with E-state index in [1.807, 2.05) is 25.1 Å². The Kier molecular flexibility index (Phi) is 7.50. The van der Waals surface area contributed by atoms with E-state index >= 15 is 0 Å². The Hall–Kier alpha value is -3.66. The number of amides is 1. The van der Waals surface area contributed by atoms with Crippen LogP contribution in [0.15, 0.2) is 47.0 Å². The molecular weight excluding hydrogens is 472 g/mol. The van der Waals surface area contributed by atoms with Crippen molar-refractivity contribution in [1.29, 1.82) is 0 Å². The average molecular weight is 499 g/mol. The summed E-state index contributed by atoms with van der Waals surface area (Å²) < 4.78 is 5.63. The molecule has 0 radical (unpaired) electrons. The lowest BCUT2D eigenvalue weighted by molar-refractivity contribution is -0.384. The van der Waals surface area contributed by atoms with Crippen LogP contribution in [0.3, 0.4) is 0 Å². The number of nitrogens with one attached hydrogen (secondary N) is 2. The van der Waals surface area contributed by atoms with Crippen LogP contribution >= 0.6 is 11.6 Å². The summed E-state index contributed by atoms with van der Waals surface area (Å²) in [6.45, 7) is 0.537. The maximum atomic E-state index is 12.6. The second-order valence-electron chi connectivity index (χ2n) is 8.79. The molecule has 1 fully saturated rings. The number of carbonyl (C=O) groups excluding carboxylic acids is 1. The molecule has 1 amide bonds. The Morgan fingerprint density at radius 1 is 1.20 bits per heavy atom. The van der Waals surface area contributed by atoms with E-state index in [1.54, 1.807) is 18.3 Å². The van der Waals surface area contributed by atoms with E-state index in [0.29, 0.717) is 24.5 Å². The third kappa shape index (κ3) is 6.07. The minimum atomic E-state index is -0.528. The molecule has 2 N–H and O–H groups in total. The fourth-order valence-corrected chi connectivity index (χ4v) is 4.32. The summed E-state index contributed by atoms with van der Waals surface area (Å²) in [7, 11) is 3.88. The SMILES string of the molecule is CN(C)c1ccnc(NC2CCC(CNC(=O)c3ccc(-c4ccc(Cl)cc4[N+](=O)[O-])o3)CC2)n1. The van der Waals surface area contributed by atoms with Gasteiger partial charge in [-0.1, -0.05) is 11.6 Å². The number of anilines is 2. The summed E-state index contributed by atoms with van der Waals surface area (Å²) in [5, 5.41) is 17.9. The van der Waals surface area contributed by atoms with Crippen molar-refractivity contribution >= 4 is 35.0 Å². The molecule has 0 aliphatic heterocycles. The number of nitro benzene ring substituents is 1. The van der Waals surface area contributed by atoms with Gasteiger partial charge in [-0.15, -0.1) is 0 Å². The fourth-order valence-electron chi connectivity index (χ4n) is 4.15. The van der Waals surface area contributed by atoms with Crippen LogP contribution in [0.5, 0.6) is 0 Å². The van der Waals surface area contributed by atoms with Crippen LogP contribution in [0.1, 0.15) is 36.2 Å². The highest BCUT2D eigenvalue weighted by Gasteiger charge is 2.24. The van der Waals surface area contributed by atoms with E-state index in [1.165, 1.54) is 18.2 Å². The fraction of sp³-hybridized carbons (Fsp3) is 0.375. The molecule has 3 aromatic rings. The number of carbonyl (C=O) groups is 1. The highest BCUT2D eigenvalue weighted by molar-refractivity contribution is 6.30. The van der Waals surface area contributed by atoms with Gasteiger partial charge in [0.05, 0.1) is 10.5 Å². The number of nitro groups is 1. The first-order chi connectivity index (χ1) is 16.8. The normalized spacial score (nSPS) is 17.6. The third-order valence-electron chi connectivity index (χ3n) is 6.08. The van der Waals surface area contributed by atoms with E-state index in [9.17, 15) is 14.9 Å². The largest absolute Gasteiger partial charge is 0.451 e. The average Bonchev–Trinajstić information content (AvgIpc) is 3.34. The van der Waals surface area contributed by atoms with Gasteiger partial charge in [0.15, 0.2) is 5.76 Å². The van der Waals surface area contributed by atoms with Gasteiger partial charge < -0.3 is 20.0 Å². The van der Waals surface area contributed by atoms with E-state index in [4.69, 9.17) is 16.0 Å². The monoisotopic (exact) mass is 498 g/mol. The zero-order valence-corrected chi connectivity index (χ0v) is 20.3. The number of benzene rings is 1. The standard InChI is InChI=1S/C24H27ClN6O4/c1-30(2)22-11-12-26-24(29-22)28-17-6-3-15(4-7-17)14-27-23(32)21-10-9-20(35-21)18-8-5-16(25)13-19(18)31(33)34/h5,8-13,15,17H,3-4,6-7,14H2,1-2H3,(H,27,32)(H,26,28,29). The molecular formula is C24H27ClN6O4. The van der Waals surface area contributed by atoms with Crippen LogP contribution in [0.2, 0.25) is 5.02 Å². The van der Waals surface area contributed by atoms with E-state index in [-0.39, 0.29) is 33.7 Å². The van der Waals surface area contributed by atoms with Gasteiger partial charge >= 0.3 is 0 Å². The number of rotatable bonds is 8. The molecule has 1 aromatic carbocycles. The van der Waals surface area contributed by atoms with E-state index < -0.39 is 4.92 Å². The molecule has 0 saturated heterocycles. The lowest BCUT2D eigenvalue weighted by Crippen LogP contribution is -2.34. The zero-order valence-electron chi connectivity index (χ0n) is 19.5. The van der Waals surface area contributed by atoms with Crippen molar-refractivity contribution in [2.75, 3.05) is 30.9 Å². The van der Waals surface area contributed by atoms with Crippen LogP contribution in [-0.2, 0) is 0 Å². The lowest BCUT2D eigenvalue weighted by atomic mass is 9.86. The summed E-state index contributed by atoms with van der Waals surface area (Å²) in [6.07, 6.45) is 5.59. The van der Waals surface area contributed by atoms with Crippen molar-refractivity contribution in [1.82, 2.24) is 15.3 Å². The van der Waals surface area contributed by atoms with Crippen LogP contribution < -0.4 is 15.5 Å². The first-order valence-corrected chi connectivity index (χ1v) is 11.8. The molecule has 0 unspecified atom stereocenters. The molecule has 0 spiro atoms. The second kappa shape index (κ2) is 10.7. The molecule has 10 nitrogen and oxygen atoms in total. The van der Waals surface area contributed by atoms with E-state index in [2.05, 4.69) is 20.6 Å². The zero-order chi connectivity index (χ0) is 24.9. The Morgan fingerprint density at radius 2 is 1.97 bits per heavy atom. The minimum absolute atomic E-state index is 0.109. The van der Waals surface area contributed by atoms with Crippen LogP contribution in [0, 0.1) is 16.0 Å². The predicted octanol–water partition coefficient (Wildman–Crippen LogP) is 4.76. The Morgan fingerprint density at radius 3 is 2.69 bits per heavy atom. The maximum absolute atomic E-state index is 12.6. The second-order valence-corrected chi connectivity index (χ2v) is 9.22. The molecule has 11 heteroatoms. The molecule has 1 saturated carbocycles. The molecule has 0 atom stereocenters. The summed E-state index contributed by atoms with van der Waals surface area (Å²) >= 11 is 5.87. The molecule has 184 valence electrons. The molecule has 2 heterocycles. The van der Waals surface area contributed by atoms with Crippen LogP contribution in [0.4, 0.5) is 17.5 Å². The molecule has 1 aliphatic carbocycles. The summed E-state index contributed by atoms with van der Waals surface area (Å²) in [4.78, 5) is 34.2. The quantitative estimate of drug-likeness (QED) is 0.336. The Labute approximate surface area is 207 Å². The van der Waals surface area contributed by atoms with Crippen molar-refractivity contribution in [2.45, 2.75) is 31.7 Å². The van der Waals surface area contributed by atoms with Gasteiger partial charge in [-0.3, -0.25) is 14.9 Å². The number of halogens is 1. The highest BCUT2D eigenvalue weighted by atomic mass is 35.5. The number of hydrogen-bond donors (Lipinski definition) is 2. The Bertz CT molecular complexity index is 1210. The number of hydrogen-bond acceptors (Lipinski definition) is 8. The smallest absolute Gasteiger partial charge is 0.287 e. The summed E-state index contributed by atoms with van der Waals surface area (Å²) in [5.41, 5.74) is 0.0902. The van der Waals surface area contributed by atoms with Gasteiger partial charge in [0, 0.05) is 44.0 Å². The first kappa shape index (κ1) is 24.5. The molecule has 4 rings (SSSR count). The van der Waals surface area contributed by atoms with Gasteiger partial charge in [-0.05, 0) is 61.9 Å². The van der Waals surface area contributed by atoms with Crippen LogP contribution in [-0.4, -0.2) is 47.5 Å². The van der Waals surface area contributed by atoms with Gasteiger partial charge in [0.25, 0.3) is 11.6 Å². The number of furan rings is 1. The van der Waals surface area contributed by atoms with Crippen LogP contribution in [0.25, 0.3) is 11.3 Å². The molecule has 1 aliphatic rings. The predicted molar refractivity (Wildman–Crippen MR) is 134 cm³/mol. The summed E-state index contributed by atoms with van der Waals surface area (Å²) in [5.74, 6) is 1.84. The first-order valence-electron chi connectivity index (χ1n) is 11.4. The molecule has 0 bridgehead atoms. The number of nitrogens with zero attached hydrogens (tertiary/aromatic N) is 4. The van der Waals surface area contributed by atoms with Crippen molar-refractivity contribution in [2.24, 2.45) is 5.92 Å². The van der Waals surface area contributed by atoms with E-state index in [0.717, 1.165) is 31.5 Å². The maximum Gasteiger partial charge on any atom is 0.287 e. The Balaban J connectivity index is 1.28. The van der Waals surface area contributed by atoms with Crippen molar-refractivity contribution in [3.8, 4) is 11.3 Å². The van der Waals surface area contributed by atoms with Gasteiger partial charge in [0.2, 0.25) is 5.95 Å². The summed E-state index contributed by atoms with van der Waals surface area (Å²) in [6, 6.07) is 9.54. The topological polar surface area (TPSA) is 126 Å².